The van der Waals surface area contributed by atoms with E-state index in [-0.39, 0.29) is 17.3 Å². The second-order valence-electron chi connectivity index (χ2n) is 4.74. The highest BCUT2D eigenvalue weighted by molar-refractivity contribution is 7.89. The number of hydrogen-bond donors (Lipinski definition) is 2. The van der Waals surface area contributed by atoms with Gasteiger partial charge in [-0.15, -0.1) is 0 Å². The van der Waals surface area contributed by atoms with Crippen LogP contribution in [0.4, 0.5) is 5.82 Å². The van der Waals surface area contributed by atoms with Gasteiger partial charge in [-0.1, -0.05) is 6.92 Å². The highest BCUT2D eigenvalue weighted by Crippen LogP contribution is 2.21. The van der Waals surface area contributed by atoms with Gasteiger partial charge >= 0.3 is 0 Å². The molecule has 21 heavy (non-hydrogen) atoms. The van der Waals surface area contributed by atoms with Gasteiger partial charge in [-0.05, 0) is 25.5 Å². The van der Waals surface area contributed by atoms with Crippen molar-refractivity contribution >= 4 is 21.7 Å². The predicted molar refractivity (Wildman–Crippen MR) is 79.4 cm³/mol. The van der Waals surface area contributed by atoms with E-state index in [1.165, 1.54) is 16.6 Å². The Morgan fingerprint density at radius 2 is 2.19 bits per heavy atom. The fourth-order valence-electron chi connectivity index (χ4n) is 2.32. The van der Waals surface area contributed by atoms with Crippen molar-refractivity contribution in [3.05, 3.63) is 18.3 Å². The van der Waals surface area contributed by atoms with Crippen molar-refractivity contribution in [3.8, 4) is 0 Å². The summed E-state index contributed by atoms with van der Waals surface area (Å²) in [5.41, 5.74) is 0. The molecular formula is C13H20N4O3S. The Morgan fingerprint density at radius 3 is 2.76 bits per heavy atom. The third-order valence-corrected chi connectivity index (χ3v) is 5.26. The molecule has 2 N–H and O–H groups in total. The fourth-order valence-corrected chi connectivity index (χ4v) is 3.93. The number of rotatable bonds is 5. The Morgan fingerprint density at radius 1 is 1.43 bits per heavy atom. The zero-order valence-electron chi connectivity index (χ0n) is 12.2. The Bertz CT molecular complexity index is 600. The summed E-state index contributed by atoms with van der Waals surface area (Å²) in [4.78, 5) is 16.0. The Labute approximate surface area is 124 Å². The molecule has 1 aromatic heterocycles. The number of nitrogens with one attached hydrogen (secondary N) is 2. The number of amides is 1. The molecule has 116 valence electrons. The second-order valence-corrected chi connectivity index (χ2v) is 6.63. The van der Waals surface area contributed by atoms with E-state index in [0.717, 1.165) is 0 Å². The van der Waals surface area contributed by atoms with E-state index in [1.807, 2.05) is 6.92 Å². The average Bonchev–Trinajstić information content (AvgIpc) is 2.48. The Kier molecular flexibility index (Phi) is 4.79. The zero-order valence-corrected chi connectivity index (χ0v) is 13.0. The third kappa shape index (κ3) is 3.16. The molecule has 0 bridgehead atoms. The molecule has 7 nitrogen and oxygen atoms in total. The smallest absolute Gasteiger partial charge is 0.245 e. The van der Waals surface area contributed by atoms with E-state index in [0.29, 0.717) is 25.3 Å². The molecule has 1 saturated heterocycles. The number of hydrogen-bond acceptors (Lipinski definition) is 5. The van der Waals surface area contributed by atoms with Gasteiger partial charge in [-0.3, -0.25) is 4.79 Å². The molecule has 0 saturated carbocycles. The van der Waals surface area contributed by atoms with Crippen molar-refractivity contribution in [1.29, 1.82) is 0 Å². The van der Waals surface area contributed by atoms with Crippen LogP contribution in [0.2, 0.25) is 0 Å². The number of aromatic nitrogens is 1. The zero-order chi connectivity index (χ0) is 15.5. The first-order valence-corrected chi connectivity index (χ1v) is 8.44. The summed E-state index contributed by atoms with van der Waals surface area (Å²) in [5, 5.41) is 5.70. The van der Waals surface area contributed by atoms with Gasteiger partial charge in [0, 0.05) is 25.8 Å². The number of pyridine rings is 1. The molecule has 1 fully saturated rings. The number of carbonyl (C=O) groups is 1. The minimum atomic E-state index is -3.71. The molecule has 2 heterocycles. The first-order chi connectivity index (χ1) is 10.0. The summed E-state index contributed by atoms with van der Waals surface area (Å²) < 4.78 is 26.6. The lowest BCUT2D eigenvalue weighted by Crippen LogP contribution is -2.56. The molecular weight excluding hydrogens is 292 g/mol. The molecule has 0 aromatic carbocycles. The number of anilines is 1. The Balaban J connectivity index is 2.29. The molecule has 1 amide bonds. The number of piperazine rings is 1. The molecule has 0 radical (unpaired) electrons. The van der Waals surface area contributed by atoms with Gasteiger partial charge in [0.2, 0.25) is 15.9 Å². The number of carbonyl (C=O) groups excluding carboxylic acids is 1. The largest absolute Gasteiger partial charge is 0.370 e. The first-order valence-electron chi connectivity index (χ1n) is 7.00. The quantitative estimate of drug-likeness (QED) is 0.822. The van der Waals surface area contributed by atoms with Crippen molar-refractivity contribution < 1.29 is 13.2 Å². The lowest BCUT2D eigenvalue weighted by atomic mass is 10.2. The highest BCUT2D eigenvalue weighted by Gasteiger charge is 2.37. The second kappa shape index (κ2) is 6.40. The minimum Gasteiger partial charge on any atom is -0.370 e. The Hall–Kier alpha value is -1.67. The molecule has 0 spiro atoms. The van der Waals surface area contributed by atoms with Gasteiger partial charge in [-0.2, -0.15) is 4.31 Å². The van der Waals surface area contributed by atoms with Crippen LogP contribution in [0.5, 0.6) is 0 Å². The van der Waals surface area contributed by atoms with Crippen molar-refractivity contribution in [2.75, 3.05) is 25.0 Å². The van der Waals surface area contributed by atoms with Crippen molar-refractivity contribution in [1.82, 2.24) is 14.6 Å². The van der Waals surface area contributed by atoms with Crippen LogP contribution >= 0.6 is 0 Å². The molecule has 0 aliphatic carbocycles. The SMILES string of the molecule is CCNc1ccc(S(=O)(=O)N2CCNC(=O)C2CC)cn1. The van der Waals surface area contributed by atoms with Crippen LogP contribution in [0.3, 0.4) is 0 Å². The lowest BCUT2D eigenvalue weighted by Gasteiger charge is -2.33. The third-order valence-electron chi connectivity index (χ3n) is 3.37. The van der Waals surface area contributed by atoms with E-state index < -0.39 is 16.1 Å². The maximum atomic E-state index is 12.7. The minimum absolute atomic E-state index is 0.109. The summed E-state index contributed by atoms with van der Waals surface area (Å²) in [5.74, 6) is 0.379. The summed E-state index contributed by atoms with van der Waals surface area (Å²) in [6.07, 6.45) is 1.76. The van der Waals surface area contributed by atoms with Gasteiger partial charge in [-0.25, -0.2) is 13.4 Å². The van der Waals surface area contributed by atoms with E-state index in [4.69, 9.17) is 0 Å². The van der Waals surface area contributed by atoms with Gasteiger partial charge in [0.25, 0.3) is 0 Å². The van der Waals surface area contributed by atoms with Crippen LogP contribution in [-0.4, -0.2) is 49.3 Å². The maximum absolute atomic E-state index is 12.7. The molecule has 1 aliphatic heterocycles. The van der Waals surface area contributed by atoms with Crippen LogP contribution < -0.4 is 10.6 Å². The summed E-state index contributed by atoms with van der Waals surface area (Å²) in [6.45, 7) is 5.05. The summed E-state index contributed by atoms with van der Waals surface area (Å²) >= 11 is 0. The van der Waals surface area contributed by atoms with E-state index >= 15 is 0 Å². The van der Waals surface area contributed by atoms with E-state index in [9.17, 15) is 13.2 Å². The van der Waals surface area contributed by atoms with Crippen LogP contribution in [0.25, 0.3) is 0 Å². The van der Waals surface area contributed by atoms with Gasteiger partial charge in [0.05, 0.1) is 0 Å². The van der Waals surface area contributed by atoms with Crippen LogP contribution in [0, 0.1) is 0 Å². The van der Waals surface area contributed by atoms with Crippen molar-refractivity contribution in [2.24, 2.45) is 0 Å². The number of sulfonamides is 1. The molecule has 1 unspecified atom stereocenters. The molecule has 1 aliphatic rings. The standard InChI is InChI=1S/C13H20N4O3S/c1-3-11-13(18)15-7-8-17(11)21(19,20)10-5-6-12(14-4-2)16-9-10/h5-6,9,11H,3-4,7-8H2,1-2H3,(H,14,16)(H,15,18). The molecule has 1 aromatic rings. The van der Waals surface area contributed by atoms with Gasteiger partial charge in [0.15, 0.2) is 0 Å². The maximum Gasteiger partial charge on any atom is 0.245 e. The predicted octanol–water partition coefficient (Wildman–Crippen LogP) is 0.412. The summed E-state index contributed by atoms with van der Waals surface area (Å²) in [6, 6.07) is 2.48. The van der Waals surface area contributed by atoms with Crippen LogP contribution in [-0.2, 0) is 14.8 Å². The lowest BCUT2D eigenvalue weighted by molar-refractivity contribution is -0.126. The fraction of sp³-hybridized carbons (Fsp3) is 0.538. The van der Waals surface area contributed by atoms with Crippen LogP contribution in [0.1, 0.15) is 20.3 Å². The monoisotopic (exact) mass is 312 g/mol. The van der Waals surface area contributed by atoms with E-state index in [1.54, 1.807) is 13.0 Å². The van der Waals surface area contributed by atoms with Crippen molar-refractivity contribution in [2.45, 2.75) is 31.2 Å². The molecule has 8 heteroatoms. The summed E-state index contributed by atoms with van der Waals surface area (Å²) in [7, 11) is -3.71. The number of nitrogens with zero attached hydrogens (tertiary/aromatic N) is 2. The van der Waals surface area contributed by atoms with Gasteiger partial charge in [0.1, 0.15) is 16.8 Å². The van der Waals surface area contributed by atoms with Crippen LogP contribution in [0.15, 0.2) is 23.2 Å². The molecule has 1 atom stereocenters. The average molecular weight is 312 g/mol. The van der Waals surface area contributed by atoms with E-state index in [2.05, 4.69) is 15.6 Å². The van der Waals surface area contributed by atoms with Crippen molar-refractivity contribution in [3.63, 3.8) is 0 Å². The van der Waals surface area contributed by atoms with Gasteiger partial charge < -0.3 is 10.6 Å². The normalized spacial score (nSPS) is 20.1. The molecule has 2 rings (SSSR count). The first kappa shape index (κ1) is 15.7. The topological polar surface area (TPSA) is 91.4 Å². The highest BCUT2D eigenvalue weighted by atomic mass is 32.2.